The van der Waals surface area contributed by atoms with Gasteiger partial charge in [0.05, 0.1) is 34.0 Å². The van der Waals surface area contributed by atoms with E-state index in [1.807, 2.05) is 78.9 Å². The summed E-state index contributed by atoms with van der Waals surface area (Å²) in [5, 5.41) is 17.6. The molecule has 0 bridgehead atoms. The van der Waals surface area contributed by atoms with Crippen LogP contribution in [0.2, 0.25) is 0 Å². The lowest BCUT2D eigenvalue weighted by Gasteiger charge is -2.37. The molecule has 1 aliphatic rings. The number of aromatic amines is 1. The normalized spacial score (nSPS) is 16.9. The van der Waals surface area contributed by atoms with Crippen molar-refractivity contribution in [2.75, 3.05) is 38.6 Å². The Hall–Kier alpha value is -6.22. The van der Waals surface area contributed by atoms with Gasteiger partial charge < -0.3 is 34.1 Å². The van der Waals surface area contributed by atoms with E-state index >= 15 is 0 Å². The summed E-state index contributed by atoms with van der Waals surface area (Å²) in [6, 6.07) is 32.4. The highest BCUT2D eigenvalue weighted by molar-refractivity contribution is 5.91. The van der Waals surface area contributed by atoms with E-state index in [4.69, 9.17) is 23.7 Å². The van der Waals surface area contributed by atoms with Crippen molar-refractivity contribution < 1.29 is 33.6 Å². The number of anilines is 3. The Kier molecular flexibility index (Phi) is 11.0. The number of aliphatic hydroxyl groups is 1. The number of nitrogens with one attached hydrogen (secondary N) is 3. The van der Waals surface area contributed by atoms with Crippen LogP contribution in [0.5, 0.6) is 17.2 Å². The highest BCUT2D eigenvalue weighted by Crippen LogP contribution is 2.43. The number of fused-ring (bicyclic) bond motifs is 1. The number of rotatable bonds is 14. The number of hydrogen-bond acceptors (Lipinski definition) is 11. The van der Waals surface area contributed by atoms with E-state index in [9.17, 15) is 14.7 Å². The summed E-state index contributed by atoms with van der Waals surface area (Å²) in [7, 11) is 4.81. The molecule has 3 heterocycles. The smallest absolute Gasteiger partial charge is 0.280 e. The van der Waals surface area contributed by atoms with Gasteiger partial charge >= 0.3 is 0 Å². The summed E-state index contributed by atoms with van der Waals surface area (Å²) >= 11 is 0. The molecular formula is C42H44N6O8. The van der Waals surface area contributed by atoms with Gasteiger partial charge in [0.15, 0.2) is 11.2 Å². The fourth-order valence-corrected chi connectivity index (χ4v) is 6.77. The number of nitrogens with zero attached hydrogens (tertiary/aromatic N) is 3. The molecule has 3 atom stereocenters. The molecule has 14 heteroatoms. The minimum Gasteiger partial charge on any atom is -0.497 e. The maximum absolute atomic E-state index is 13.4. The summed E-state index contributed by atoms with van der Waals surface area (Å²) < 4.78 is 31.6. The van der Waals surface area contributed by atoms with Crippen molar-refractivity contribution >= 4 is 34.7 Å². The first-order valence-electron chi connectivity index (χ1n) is 18.2. The van der Waals surface area contributed by atoms with Crippen molar-refractivity contribution in [3.05, 3.63) is 130 Å². The fourth-order valence-electron chi connectivity index (χ4n) is 6.77. The molecule has 4 N–H and O–H groups in total. The maximum atomic E-state index is 13.4. The van der Waals surface area contributed by atoms with Crippen LogP contribution in [-0.4, -0.2) is 70.7 Å². The zero-order chi connectivity index (χ0) is 39.4. The minimum atomic E-state index is -1.15. The second-order valence-corrected chi connectivity index (χ2v) is 13.6. The minimum absolute atomic E-state index is 0.0171. The van der Waals surface area contributed by atoms with Crippen LogP contribution in [0.1, 0.15) is 43.2 Å². The molecule has 0 spiro atoms. The van der Waals surface area contributed by atoms with E-state index < -0.39 is 29.6 Å². The van der Waals surface area contributed by atoms with E-state index in [1.54, 1.807) is 64.0 Å². The van der Waals surface area contributed by atoms with Crippen LogP contribution in [0.3, 0.4) is 0 Å². The summed E-state index contributed by atoms with van der Waals surface area (Å²) in [6.07, 6.45) is -2.55. The third kappa shape index (κ3) is 7.54. The van der Waals surface area contributed by atoms with Crippen molar-refractivity contribution in [2.45, 2.75) is 44.3 Å². The largest absolute Gasteiger partial charge is 0.497 e. The van der Waals surface area contributed by atoms with Gasteiger partial charge in [-0.1, -0.05) is 68.4 Å². The third-order valence-electron chi connectivity index (χ3n) is 9.79. The SMILES string of the molecule is COc1ccc(Nc2nc3c(=O)[nH]c(NC(=O)C(C)C)nc3n2[C@H]2C[C@H](O)[C@@H](COC(c3ccccc3)(c3ccc(OC)cc3)c3ccc(OC)cc3)O2)cc1. The van der Waals surface area contributed by atoms with Gasteiger partial charge in [0.25, 0.3) is 5.56 Å². The molecule has 1 saturated heterocycles. The summed E-state index contributed by atoms with van der Waals surface area (Å²) in [5.74, 6) is 1.56. The molecule has 6 aromatic rings. The molecule has 0 radical (unpaired) electrons. The van der Waals surface area contributed by atoms with Gasteiger partial charge in [-0.15, -0.1) is 0 Å². The average Bonchev–Trinajstić information content (AvgIpc) is 3.78. The second-order valence-electron chi connectivity index (χ2n) is 13.6. The molecule has 0 saturated carbocycles. The van der Waals surface area contributed by atoms with Crippen molar-refractivity contribution in [1.29, 1.82) is 0 Å². The number of carbonyl (C=O) groups is 1. The predicted molar refractivity (Wildman–Crippen MR) is 211 cm³/mol. The number of hydrogen-bond donors (Lipinski definition) is 4. The molecule has 56 heavy (non-hydrogen) atoms. The van der Waals surface area contributed by atoms with Crippen molar-refractivity contribution in [2.24, 2.45) is 5.92 Å². The van der Waals surface area contributed by atoms with Crippen molar-refractivity contribution in [1.82, 2.24) is 19.5 Å². The lowest BCUT2D eigenvalue weighted by Crippen LogP contribution is -2.38. The number of imidazole rings is 1. The molecule has 0 unspecified atom stereocenters. The molecule has 1 amide bonds. The van der Waals surface area contributed by atoms with Crippen LogP contribution >= 0.6 is 0 Å². The predicted octanol–water partition coefficient (Wildman–Crippen LogP) is 6.14. The Morgan fingerprint density at radius 1 is 0.857 bits per heavy atom. The van der Waals surface area contributed by atoms with Gasteiger partial charge in [0, 0.05) is 18.0 Å². The molecule has 290 valence electrons. The van der Waals surface area contributed by atoms with E-state index in [0.29, 0.717) is 22.9 Å². The van der Waals surface area contributed by atoms with E-state index in [-0.39, 0.29) is 47.9 Å². The summed E-state index contributed by atoms with van der Waals surface area (Å²) in [5.41, 5.74) is 1.61. The van der Waals surface area contributed by atoms with Crippen LogP contribution in [0.4, 0.5) is 17.6 Å². The first-order valence-corrected chi connectivity index (χ1v) is 18.2. The number of aromatic nitrogens is 4. The Bertz CT molecular complexity index is 2280. The Balaban J connectivity index is 1.27. The fraction of sp³-hybridized carbons (Fsp3) is 0.286. The van der Waals surface area contributed by atoms with Crippen LogP contribution in [0, 0.1) is 5.92 Å². The average molecular weight is 761 g/mol. The highest BCUT2D eigenvalue weighted by atomic mass is 16.6. The van der Waals surface area contributed by atoms with Crippen LogP contribution in [-0.2, 0) is 19.9 Å². The van der Waals surface area contributed by atoms with Crippen molar-refractivity contribution in [3.63, 3.8) is 0 Å². The summed E-state index contributed by atoms with van der Waals surface area (Å²) in [6.45, 7) is 3.43. The topological polar surface area (TPSA) is 171 Å². The molecule has 14 nitrogen and oxygen atoms in total. The van der Waals surface area contributed by atoms with Crippen LogP contribution < -0.4 is 30.4 Å². The van der Waals surface area contributed by atoms with Gasteiger partial charge in [-0.25, -0.2) is 4.98 Å². The van der Waals surface area contributed by atoms with Gasteiger partial charge in [-0.05, 0) is 65.2 Å². The monoisotopic (exact) mass is 760 g/mol. The lowest BCUT2D eigenvalue weighted by molar-refractivity contribution is -0.118. The Labute approximate surface area is 323 Å². The van der Waals surface area contributed by atoms with E-state index in [1.165, 1.54) is 0 Å². The van der Waals surface area contributed by atoms with Gasteiger partial charge in [0.1, 0.15) is 35.2 Å². The molecule has 2 aromatic heterocycles. The number of carbonyl (C=O) groups excluding carboxylic acids is 1. The molecule has 0 aliphatic carbocycles. The maximum Gasteiger partial charge on any atom is 0.280 e. The molecule has 7 rings (SSSR count). The lowest BCUT2D eigenvalue weighted by atomic mass is 9.80. The summed E-state index contributed by atoms with van der Waals surface area (Å²) in [4.78, 5) is 37.9. The number of aliphatic hydroxyl groups excluding tert-OH is 1. The molecule has 1 fully saturated rings. The zero-order valence-electron chi connectivity index (χ0n) is 31.7. The zero-order valence-corrected chi connectivity index (χ0v) is 31.7. The van der Waals surface area contributed by atoms with Gasteiger partial charge in [-0.3, -0.25) is 24.5 Å². The second kappa shape index (κ2) is 16.3. The number of H-pyrrole nitrogens is 1. The first kappa shape index (κ1) is 38.1. The number of methoxy groups -OCH3 is 3. The highest BCUT2D eigenvalue weighted by Gasteiger charge is 2.43. The molecular weight excluding hydrogens is 716 g/mol. The van der Waals surface area contributed by atoms with E-state index in [0.717, 1.165) is 16.7 Å². The third-order valence-corrected chi connectivity index (χ3v) is 9.79. The quantitative estimate of drug-likeness (QED) is 0.0941. The molecule has 1 aliphatic heterocycles. The van der Waals surface area contributed by atoms with Crippen LogP contribution in [0.25, 0.3) is 11.2 Å². The van der Waals surface area contributed by atoms with Crippen LogP contribution in [0.15, 0.2) is 108 Å². The Morgan fingerprint density at radius 3 is 1.96 bits per heavy atom. The molecule has 4 aromatic carbocycles. The standard InChI is InChI=1S/C42H44N6O8/c1-25(2)38(50)46-40-45-37-36(39(51)47-40)44-41(43-29-15-21-32(54-5)22-16-29)48(37)35-23-33(49)34(56-35)24-55-42(26-9-7-6-8-10-26,27-11-17-30(52-3)18-12-27)28-13-19-31(53-4)20-14-28/h6-22,25,33-35,49H,23-24H2,1-5H3,(H,43,44)(H2,45,46,47,50,51)/t33-,34+,35+/m0/s1. The van der Waals surface area contributed by atoms with E-state index in [2.05, 4.69) is 25.6 Å². The van der Waals surface area contributed by atoms with Gasteiger partial charge in [-0.2, -0.15) is 4.98 Å². The number of amides is 1. The van der Waals surface area contributed by atoms with Crippen molar-refractivity contribution in [3.8, 4) is 17.2 Å². The first-order chi connectivity index (χ1) is 27.1. The number of ether oxygens (including phenoxy) is 5. The Morgan fingerprint density at radius 2 is 1.41 bits per heavy atom. The van der Waals surface area contributed by atoms with Gasteiger partial charge in [0.2, 0.25) is 17.8 Å². The number of benzene rings is 4.